The molecule has 1 aromatic heterocycles. The lowest BCUT2D eigenvalue weighted by molar-refractivity contribution is -0.149. The summed E-state index contributed by atoms with van der Waals surface area (Å²) in [5, 5.41) is 12.0. The summed E-state index contributed by atoms with van der Waals surface area (Å²) in [5.74, 6) is -0.348. The van der Waals surface area contributed by atoms with Crippen LogP contribution >= 0.6 is 0 Å². The number of anilines is 1. The minimum atomic E-state index is -0.886. The molecule has 0 aromatic carbocycles. The van der Waals surface area contributed by atoms with Crippen molar-refractivity contribution in [1.82, 2.24) is 4.98 Å². The van der Waals surface area contributed by atoms with E-state index < -0.39 is 12.1 Å². The van der Waals surface area contributed by atoms with Gasteiger partial charge in [-0.1, -0.05) is 0 Å². The summed E-state index contributed by atoms with van der Waals surface area (Å²) < 4.78 is 10.4. The number of hydrogen-bond donors (Lipinski definition) is 2. The highest BCUT2D eigenvalue weighted by Crippen LogP contribution is 2.21. The Balaban J connectivity index is 1.83. The molecule has 6 nitrogen and oxygen atoms in total. The van der Waals surface area contributed by atoms with E-state index in [2.05, 4.69) is 10.3 Å². The van der Waals surface area contributed by atoms with Crippen LogP contribution in [0.2, 0.25) is 0 Å². The van der Waals surface area contributed by atoms with Gasteiger partial charge in [-0.25, -0.2) is 9.78 Å². The van der Waals surface area contributed by atoms with Gasteiger partial charge in [0.15, 0.2) is 6.10 Å². The van der Waals surface area contributed by atoms with E-state index in [0.717, 1.165) is 12.1 Å². The van der Waals surface area contributed by atoms with Crippen molar-refractivity contribution >= 4 is 11.7 Å². The van der Waals surface area contributed by atoms with Gasteiger partial charge in [0, 0.05) is 24.5 Å². The maximum atomic E-state index is 10.7. The van der Waals surface area contributed by atoms with Crippen molar-refractivity contribution < 1.29 is 19.4 Å². The number of ether oxygens (including phenoxy) is 2. The number of rotatable bonds is 5. The van der Waals surface area contributed by atoms with E-state index in [4.69, 9.17) is 14.6 Å². The maximum absolute atomic E-state index is 10.7. The molecule has 2 N–H and O–H groups in total. The third-order valence-corrected chi connectivity index (χ3v) is 2.86. The molecule has 1 aromatic rings. The highest BCUT2D eigenvalue weighted by Gasteiger charge is 2.30. The smallest absolute Gasteiger partial charge is 0.332 e. The second kappa shape index (κ2) is 5.68. The Hall–Kier alpha value is -1.82. The van der Waals surface area contributed by atoms with Crippen LogP contribution in [-0.2, 0) is 9.53 Å². The van der Waals surface area contributed by atoms with Crippen LogP contribution in [0, 0.1) is 0 Å². The van der Waals surface area contributed by atoms with Gasteiger partial charge in [0.25, 0.3) is 0 Å². The predicted octanol–water partition coefficient (Wildman–Crippen LogP) is 1.13. The first-order chi connectivity index (χ1) is 8.69. The van der Waals surface area contributed by atoms with E-state index >= 15 is 0 Å². The van der Waals surface area contributed by atoms with Gasteiger partial charge >= 0.3 is 5.97 Å². The lowest BCUT2D eigenvalue weighted by Crippen LogP contribution is -2.24. The van der Waals surface area contributed by atoms with E-state index in [9.17, 15) is 4.79 Å². The van der Waals surface area contributed by atoms with Crippen LogP contribution in [-0.4, -0.2) is 41.9 Å². The zero-order valence-electron chi connectivity index (χ0n) is 10.1. The highest BCUT2D eigenvalue weighted by atomic mass is 16.5. The normalized spacial score (nSPS) is 22.7. The van der Waals surface area contributed by atoms with Gasteiger partial charge in [-0.15, -0.1) is 0 Å². The third kappa shape index (κ3) is 3.10. The first-order valence-electron chi connectivity index (χ1n) is 5.81. The molecule has 0 radical (unpaired) electrons. The van der Waals surface area contributed by atoms with Gasteiger partial charge in [-0.3, -0.25) is 0 Å². The molecule has 1 fully saturated rings. The molecule has 1 aliphatic heterocycles. The highest BCUT2D eigenvalue weighted by molar-refractivity contribution is 5.72. The third-order valence-electron chi connectivity index (χ3n) is 2.86. The first-order valence-corrected chi connectivity index (χ1v) is 5.81. The fraction of sp³-hybridized carbons (Fsp3) is 0.500. The second-order valence-electron chi connectivity index (χ2n) is 4.13. The number of aromatic nitrogens is 1. The molecular weight excluding hydrogens is 236 g/mol. The van der Waals surface area contributed by atoms with Crippen LogP contribution in [0.5, 0.6) is 5.88 Å². The molecule has 2 unspecified atom stereocenters. The molecule has 0 bridgehead atoms. The monoisotopic (exact) mass is 252 g/mol. The molecule has 0 amide bonds. The molecule has 2 rings (SSSR count). The van der Waals surface area contributed by atoms with Gasteiger partial charge in [0.2, 0.25) is 5.88 Å². The van der Waals surface area contributed by atoms with E-state index in [0.29, 0.717) is 18.8 Å². The second-order valence-corrected chi connectivity index (χ2v) is 4.13. The van der Waals surface area contributed by atoms with Crippen LogP contribution in [0.25, 0.3) is 0 Å². The number of hydrogen-bond acceptors (Lipinski definition) is 5. The molecule has 1 aliphatic rings. The Morgan fingerprint density at radius 1 is 1.67 bits per heavy atom. The Labute approximate surface area is 105 Å². The molecule has 18 heavy (non-hydrogen) atoms. The Morgan fingerprint density at radius 2 is 2.50 bits per heavy atom. The van der Waals surface area contributed by atoms with Crippen molar-refractivity contribution in [3.63, 3.8) is 0 Å². The quantitative estimate of drug-likeness (QED) is 0.817. The summed E-state index contributed by atoms with van der Waals surface area (Å²) in [5.41, 5.74) is 0.879. The van der Waals surface area contributed by atoms with Crippen molar-refractivity contribution in [1.29, 1.82) is 0 Å². The molecule has 2 heterocycles. The number of carboxylic acid groups (broad SMARTS) is 1. The van der Waals surface area contributed by atoms with E-state index in [1.807, 2.05) is 6.07 Å². The average Bonchev–Trinajstić information content (AvgIpc) is 2.85. The standard InChI is InChI=1S/C12H16N2O4/c1-17-11-6-8(4-5-13-11)14-7-9-2-3-10(18-9)12(15)16/h4-6,9-10H,2-3,7H2,1H3,(H,13,14)(H,15,16). The van der Waals surface area contributed by atoms with Crippen molar-refractivity contribution in [2.75, 3.05) is 19.0 Å². The zero-order chi connectivity index (χ0) is 13.0. The molecular formula is C12H16N2O4. The van der Waals surface area contributed by atoms with Gasteiger partial charge in [0.05, 0.1) is 13.2 Å². The Kier molecular flexibility index (Phi) is 3.99. The number of pyridine rings is 1. The molecule has 2 atom stereocenters. The van der Waals surface area contributed by atoms with Crippen LogP contribution in [0.3, 0.4) is 0 Å². The number of methoxy groups -OCH3 is 1. The molecule has 98 valence electrons. The van der Waals surface area contributed by atoms with Gasteiger partial charge in [0.1, 0.15) is 0 Å². The summed E-state index contributed by atoms with van der Waals surface area (Å²) in [6.45, 7) is 0.580. The lowest BCUT2D eigenvalue weighted by atomic mass is 10.2. The lowest BCUT2D eigenvalue weighted by Gasteiger charge is -2.13. The number of carbonyl (C=O) groups is 1. The summed E-state index contributed by atoms with van der Waals surface area (Å²) in [7, 11) is 1.56. The number of aliphatic carboxylic acids is 1. The van der Waals surface area contributed by atoms with E-state index in [1.54, 1.807) is 19.4 Å². The van der Waals surface area contributed by atoms with E-state index in [-0.39, 0.29) is 6.10 Å². The van der Waals surface area contributed by atoms with Crippen molar-refractivity contribution in [3.05, 3.63) is 18.3 Å². The Bertz CT molecular complexity index is 424. The van der Waals surface area contributed by atoms with Crippen LogP contribution in [0.1, 0.15) is 12.8 Å². The van der Waals surface area contributed by atoms with Gasteiger partial charge < -0.3 is 19.9 Å². The molecule has 0 spiro atoms. The fourth-order valence-electron chi connectivity index (χ4n) is 1.90. The zero-order valence-corrected chi connectivity index (χ0v) is 10.1. The molecule has 1 saturated heterocycles. The van der Waals surface area contributed by atoms with Crippen molar-refractivity contribution in [2.24, 2.45) is 0 Å². The van der Waals surface area contributed by atoms with Crippen LogP contribution in [0.15, 0.2) is 18.3 Å². The van der Waals surface area contributed by atoms with Crippen LogP contribution in [0.4, 0.5) is 5.69 Å². The van der Waals surface area contributed by atoms with Gasteiger partial charge in [-0.05, 0) is 18.9 Å². The minimum absolute atomic E-state index is 0.0646. The summed E-state index contributed by atoms with van der Waals surface area (Å²) in [6, 6.07) is 3.61. The minimum Gasteiger partial charge on any atom is -0.481 e. The molecule has 6 heteroatoms. The maximum Gasteiger partial charge on any atom is 0.332 e. The predicted molar refractivity (Wildman–Crippen MR) is 64.8 cm³/mol. The SMILES string of the molecule is COc1cc(NCC2CCC(C(=O)O)O2)ccn1. The van der Waals surface area contributed by atoms with Crippen molar-refractivity contribution in [2.45, 2.75) is 25.0 Å². The first kappa shape index (κ1) is 12.6. The topological polar surface area (TPSA) is 80.7 Å². The summed E-state index contributed by atoms with van der Waals surface area (Å²) >= 11 is 0. The number of nitrogens with zero attached hydrogens (tertiary/aromatic N) is 1. The number of carboxylic acids is 1. The summed E-state index contributed by atoms with van der Waals surface area (Å²) in [6.07, 6.45) is 2.25. The fourth-order valence-corrected chi connectivity index (χ4v) is 1.90. The largest absolute Gasteiger partial charge is 0.481 e. The number of nitrogens with one attached hydrogen (secondary N) is 1. The molecule has 0 aliphatic carbocycles. The summed E-state index contributed by atoms with van der Waals surface area (Å²) in [4.78, 5) is 14.7. The van der Waals surface area contributed by atoms with E-state index in [1.165, 1.54) is 0 Å². The van der Waals surface area contributed by atoms with Crippen LogP contribution < -0.4 is 10.1 Å². The van der Waals surface area contributed by atoms with Crippen molar-refractivity contribution in [3.8, 4) is 5.88 Å². The molecule has 0 saturated carbocycles. The van der Waals surface area contributed by atoms with Gasteiger partial charge in [-0.2, -0.15) is 0 Å². The Morgan fingerprint density at radius 3 is 3.17 bits per heavy atom. The average molecular weight is 252 g/mol.